The van der Waals surface area contributed by atoms with Gasteiger partial charge in [-0.3, -0.25) is 13.9 Å². The van der Waals surface area contributed by atoms with Crippen LogP contribution < -0.4 is 9.62 Å². The van der Waals surface area contributed by atoms with E-state index in [0.717, 1.165) is 16.1 Å². The number of hydrogen-bond acceptors (Lipinski definition) is 4. The molecule has 1 N–H and O–H groups in total. The standard InChI is InChI=1S/C25H33Cl2N3O4S/c1-6-23(25(32)28-14-17(2)3)29(15-19-10-11-20(26)13-22(19)27)24(31)16-30(35(5,33)34)21-9-7-8-18(4)12-21/h7-13,17,23H,6,14-16H2,1-5H3,(H,28,32)/t23-/m1/s1. The lowest BCUT2D eigenvalue weighted by atomic mass is 10.1. The van der Waals surface area contributed by atoms with Gasteiger partial charge in [0.2, 0.25) is 21.8 Å². The number of amides is 2. The monoisotopic (exact) mass is 541 g/mol. The van der Waals surface area contributed by atoms with E-state index in [4.69, 9.17) is 23.2 Å². The van der Waals surface area contributed by atoms with Crippen molar-refractivity contribution < 1.29 is 18.0 Å². The topological polar surface area (TPSA) is 86.8 Å². The van der Waals surface area contributed by atoms with Crippen molar-refractivity contribution in [1.29, 1.82) is 0 Å². The third kappa shape index (κ3) is 8.40. The maximum absolute atomic E-state index is 13.7. The maximum atomic E-state index is 13.7. The van der Waals surface area contributed by atoms with Crippen LogP contribution in [0.15, 0.2) is 42.5 Å². The quantitative estimate of drug-likeness (QED) is 0.448. The van der Waals surface area contributed by atoms with Crippen LogP contribution in [0.25, 0.3) is 0 Å². The molecule has 0 aromatic heterocycles. The van der Waals surface area contributed by atoms with Crippen LogP contribution >= 0.6 is 23.2 Å². The van der Waals surface area contributed by atoms with Gasteiger partial charge in [0.25, 0.3) is 0 Å². The average Bonchev–Trinajstić information content (AvgIpc) is 2.76. The van der Waals surface area contributed by atoms with E-state index in [1.807, 2.05) is 26.8 Å². The number of aryl methyl sites for hydroxylation is 1. The third-order valence-electron chi connectivity index (χ3n) is 5.40. The van der Waals surface area contributed by atoms with Gasteiger partial charge in [-0.05, 0) is 54.7 Å². The van der Waals surface area contributed by atoms with E-state index in [1.165, 1.54) is 4.90 Å². The minimum atomic E-state index is -3.78. The second-order valence-electron chi connectivity index (χ2n) is 8.93. The third-order valence-corrected chi connectivity index (χ3v) is 7.12. The van der Waals surface area contributed by atoms with Crippen LogP contribution in [-0.4, -0.2) is 50.5 Å². The highest BCUT2D eigenvalue weighted by atomic mass is 35.5. The Bertz CT molecular complexity index is 1160. The van der Waals surface area contributed by atoms with Crippen LogP contribution in [0.5, 0.6) is 0 Å². The van der Waals surface area contributed by atoms with Gasteiger partial charge in [0.05, 0.1) is 11.9 Å². The molecule has 0 aliphatic rings. The predicted molar refractivity (Wildman–Crippen MR) is 142 cm³/mol. The lowest BCUT2D eigenvalue weighted by Crippen LogP contribution is -2.52. The SMILES string of the molecule is CC[C@H](C(=O)NCC(C)C)N(Cc1ccc(Cl)cc1Cl)C(=O)CN(c1cccc(C)c1)S(C)(=O)=O. The molecule has 7 nitrogen and oxygen atoms in total. The number of carbonyl (C=O) groups is 2. The summed E-state index contributed by atoms with van der Waals surface area (Å²) < 4.78 is 26.3. The molecule has 0 spiro atoms. The molecule has 192 valence electrons. The smallest absolute Gasteiger partial charge is 0.244 e. The molecule has 0 aliphatic heterocycles. The van der Waals surface area contributed by atoms with Crippen LogP contribution in [0.2, 0.25) is 10.0 Å². The average molecular weight is 543 g/mol. The molecule has 2 aromatic carbocycles. The minimum Gasteiger partial charge on any atom is -0.354 e. The maximum Gasteiger partial charge on any atom is 0.244 e. The molecule has 2 aromatic rings. The molecule has 0 radical (unpaired) electrons. The lowest BCUT2D eigenvalue weighted by Gasteiger charge is -2.33. The Morgan fingerprint density at radius 1 is 1.09 bits per heavy atom. The first-order valence-corrected chi connectivity index (χ1v) is 14.0. The van der Waals surface area contributed by atoms with Gasteiger partial charge in [-0.2, -0.15) is 0 Å². The van der Waals surface area contributed by atoms with Gasteiger partial charge < -0.3 is 10.2 Å². The molecule has 10 heteroatoms. The largest absolute Gasteiger partial charge is 0.354 e. The first-order valence-electron chi connectivity index (χ1n) is 11.4. The molecule has 0 saturated carbocycles. The molecule has 0 unspecified atom stereocenters. The molecule has 0 aliphatic carbocycles. The van der Waals surface area contributed by atoms with Gasteiger partial charge in [0.1, 0.15) is 12.6 Å². The van der Waals surface area contributed by atoms with Crippen molar-refractivity contribution in [2.45, 2.75) is 46.7 Å². The van der Waals surface area contributed by atoms with Gasteiger partial charge in [-0.1, -0.05) is 62.2 Å². The Morgan fingerprint density at radius 2 is 1.77 bits per heavy atom. The number of anilines is 1. The Balaban J connectivity index is 2.46. The van der Waals surface area contributed by atoms with E-state index < -0.39 is 28.5 Å². The summed E-state index contributed by atoms with van der Waals surface area (Å²) >= 11 is 12.4. The molecule has 0 bridgehead atoms. The van der Waals surface area contributed by atoms with Crippen LogP contribution in [0.4, 0.5) is 5.69 Å². The number of rotatable bonds is 11. The zero-order chi connectivity index (χ0) is 26.3. The van der Waals surface area contributed by atoms with Crippen molar-refractivity contribution in [1.82, 2.24) is 10.2 Å². The van der Waals surface area contributed by atoms with Crippen molar-refractivity contribution in [2.75, 3.05) is 23.7 Å². The molecule has 2 amide bonds. The van der Waals surface area contributed by atoms with Gasteiger partial charge >= 0.3 is 0 Å². The fourth-order valence-corrected chi connectivity index (χ4v) is 4.88. The number of benzene rings is 2. The first kappa shape index (κ1) is 28.9. The summed E-state index contributed by atoms with van der Waals surface area (Å²) in [5, 5.41) is 3.68. The highest BCUT2D eigenvalue weighted by Gasteiger charge is 2.32. The van der Waals surface area contributed by atoms with Crippen LogP contribution in [0, 0.1) is 12.8 Å². The molecular formula is C25H33Cl2N3O4S. The number of carbonyl (C=O) groups excluding carboxylic acids is 2. The van der Waals surface area contributed by atoms with Crippen molar-refractivity contribution in [2.24, 2.45) is 5.92 Å². The minimum absolute atomic E-state index is 0.0217. The summed E-state index contributed by atoms with van der Waals surface area (Å²) in [5.74, 6) is -0.594. The summed E-state index contributed by atoms with van der Waals surface area (Å²) in [6.07, 6.45) is 1.39. The summed E-state index contributed by atoms with van der Waals surface area (Å²) in [5.41, 5.74) is 1.83. The Hall–Kier alpha value is -2.29. The second kappa shape index (κ2) is 12.6. The second-order valence-corrected chi connectivity index (χ2v) is 11.7. The predicted octanol–water partition coefficient (Wildman–Crippen LogP) is 4.65. The Labute approximate surface area is 218 Å². The molecule has 1 atom stereocenters. The summed E-state index contributed by atoms with van der Waals surface area (Å²) in [4.78, 5) is 28.1. The fraction of sp³-hybridized carbons (Fsp3) is 0.440. The Kier molecular flexibility index (Phi) is 10.4. The van der Waals surface area contributed by atoms with Crippen molar-refractivity contribution in [3.8, 4) is 0 Å². The normalized spacial score (nSPS) is 12.3. The van der Waals surface area contributed by atoms with E-state index in [-0.39, 0.29) is 18.4 Å². The van der Waals surface area contributed by atoms with Gasteiger partial charge in [-0.25, -0.2) is 8.42 Å². The number of nitrogens with one attached hydrogen (secondary N) is 1. The number of hydrogen-bond donors (Lipinski definition) is 1. The molecular weight excluding hydrogens is 509 g/mol. The number of nitrogens with zero attached hydrogens (tertiary/aromatic N) is 2. The van der Waals surface area contributed by atoms with Crippen molar-refractivity contribution >= 4 is 50.7 Å². The number of halogens is 2. The van der Waals surface area contributed by atoms with Crippen LogP contribution in [-0.2, 0) is 26.2 Å². The van der Waals surface area contributed by atoms with Gasteiger partial charge in [-0.15, -0.1) is 0 Å². The number of sulfonamides is 1. The van der Waals surface area contributed by atoms with Crippen molar-refractivity contribution in [3.63, 3.8) is 0 Å². The lowest BCUT2D eigenvalue weighted by molar-refractivity contribution is -0.140. The van der Waals surface area contributed by atoms with E-state index in [1.54, 1.807) is 43.3 Å². The molecule has 0 heterocycles. The highest BCUT2D eigenvalue weighted by molar-refractivity contribution is 7.92. The van der Waals surface area contributed by atoms with Crippen LogP contribution in [0.3, 0.4) is 0 Å². The van der Waals surface area contributed by atoms with Crippen molar-refractivity contribution in [3.05, 3.63) is 63.6 Å². The van der Waals surface area contributed by atoms with E-state index >= 15 is 0 Å². The summed E-state index contributed by atoms with van der Waals surface area (Å²) in [7, 11) is -3.78. The first-order chi connectivity index (χ1) is 16.3. The van der Waals surface area contributed by atoms with Gasteiger partial charge in [0, 0.05) is 23.1 Å². The van der Waals surface area contributed by atoms with E-state index in [2.05, 4.69) is 5.32 Å². The molecule has 35 heavy (non-hydrogen) atoms. The molecule has 0 saturated heterocycles. The summed E-state index contributed by atoms with van der Waals surface area (Å²) in [6.45, 7) is 7.62. The van der Waals surface area contributed by atoms with E-state index in [0.29, 0.717) is 34.3 Å². The zero-order valence-electron chi connectivity index (χ0n) is 20.7. The zero-order valence-corrected chi connectivity index (χ0v) is 23.0. The van der Waals surface area contributed by atoms with Gasteiger partial charge in [0.15, 0.2) is 0 Å². The van der Waals surface area contributed by atoms with E-state index in [9.17, 15) is 18.0 Å². The van der Waals surface area contributed by atoms with Crippen LogP contribution in [0.1, 0.15) is 38.3 Å². The highest BCUT2D eigenvalue weighted by Crippen LogP contribution is 2.25. The Morgan fingerprint density at radius 3 is 2.31 bits per heavy atom. The molecule has 0 fully saturated rings. The fourth-order valence-electron chi connectivity index (χ4n) is 3.57. The summed E-state index contributed by atoms with van der Waals surface area (Å²) in [6, 6.07) is 11.0. The molecule has 2 rings (SSSR count).